The van der Waals surface area contributed by atoms with Crippen LogP contribution >= 0.6 is 0 Å². The van der Waals surface area contributed by atoms with E-state index in [2.05, 4.69) is 31.3 Å². The Bertz CT molecular complexity index is 589. The number of rotatable bonds is 2. The van der Waals surface area contributed by atoms with Crippen LogP contribution in [0.2, 0.25) is 0 Å². The molecule has 3 heteroatoms. The highest BCUT2D eigenvalue weighted by Crippen LogP contribution is 2.48. The highest BCUT2D eigenvalue weighted by atomic mass is 16.2. The van der Waals surface area contributed by atoms with E-state index in [1.165, 1.54) is 24.8 Å². The molecule has 2 atom stereocenters. The fourth-order valence-electron chi connectivity index (χ4n) is 4.05. The second kappa shape index (κ2) is 4.57. The smallest absolute Gasteiger partial charge is 0.234 e. The third kappa shape index (κ3) is 2.18. The zero-order chi connectivity index (χ0) is 15.4. The molecule has 0 spiro atoms. The number of benzene rings is 1. The first-order valence-electron chi connectivity index (χ1n) is 7.95. The lowest BCUT2D eigenvalue weighted by Gasteiger charge is -2.32. The lowest BCUT2D eigenvalue weighted by atomic mass is 9.75. The molecule has 0 radical (unpaired) electrons. The maximum absolute atomic E-state index is 12.1. The van der Waals surface area contributed by atoms with Gasteiger partial charge >= 0.3 is 0 Å². The second-order valence-electron chi connectivity index (χ2n) is 7.90. The van der Waals surface area contributed by atoms with E-state index in [1.807, 2.05) is 19.9 Å². The molecule has 1 aliphatic heterocycles. The van der Waals surface area contributed by atoms with Crippen LogP contribution in [0.1, 0.15) is 64.1 Å². The van der Waals surface area contributed by atoms with Crippen LogP contribution in [-0.2, 0) is 10.2 Å². The van der Waals surface area contributed by atoms with E-state index in [0.717, 1.165) is 11.3 Å². The van der Waals surface area contributed by atoms with Crippen LogP contribution in [0, 0.1) is 11.3 Å². The van der Waals surface area contributed by atoms with Gasteiger partial charge in [0.2, 0.25) is 5.91 Å². The van der Waals surface area contributed by atoms with Crippen molar-refractivity contribution in [2.45, 2.75) is 58.4 Å². The molecule has 0 saturated heterocycles. The van der Waals surface area contributed by atoms with Gasteiger partial charge in [0.15, 0.2) is 0 Å². The average molecular weight is 286 g/mol. The average Bonchev–Trinajstić information content (AvgIpc) is 2.87. The number of carbonyl (C=O) groups excluding carboxylic acids is 1. The summed E-state index contributed by atoms with van der Waals surface area (Å²) >= 11 is 0. The van der Waals surface area contributed by atoms with Crippen LogP contribution in [0.25, 0.3) is 0 Å². The summed E-state index contributed by atoms with van der Waals surface area (Å²) in [6.45, 7) is 8.60. The predicted octanol–water partition coefficient (Wildman–Crippen LogP) is 3.74. The highest BCUT2D eigenvalue weighted by molar-refractivity contribution is 6.05. The first kappa shape index (κ1) is 14.6. The number of anilines is 1. The van der Waals surface area contributed by atoms with Gasteiger partial charge in [-0.3, -0.25) is 4.79 Å². The first-order valence-corrected chi connectivity index (χ1v) is 7.95. The van der Waals surface area contributed by atoms with E-state index in [1.54, 1.807) is 0 Å². The number of carbonyl (C=O) groups is 1. The second-order valence-corrected chi connectivity index (χ2v) is 7.90. The maximum atomic E-state index is 12.1. The van der Waals surface area contributed by atoms with Crippen molar-refractivity contribution in [2.75, 3.05) is 5.32 Å². The molecule has 2 unspecified atom stereocenters. The molecule has 0 aromatic heterocycles. The molecule has 3 N–H and O–H groups in total. The Balaban J connectivity index is 1.95. The Morgan fingerprint density at radius 3 is 2.62 bits per heavy atom. The van der Waals surface area contributed by atoms with Crippen LogP contribution in [0.4, 0.5) is 5.69 Å². The standard InChI is InChI=1S/C18H26N2O/c1-17(2)9-5-6-12(17)15(19)11-7-8-14-13(10-11)18(3,4)16(21)20-14/h7-8,10,12,15H,5-6,9,19H2,1-4H3,(H,20,21). The van der Waals surface area contributed by atoms with Crippen LogP contribution in [0.15, 0.2) is 18.2 Å². The molecule has 2 aliphatic rings. The minimum atomic E-state index is -0.462. The molecule has 1 amide bonds. The van der Waals surface area contributed by atoms with Crippen molar-refractivity contribution >= 4 is 11.6 Å². The Morgan fingerprint density at radius 1 is 1.29 bits per heavy atom. The topological polar surface area (TPSA) is 55.1 Å². The third-order valence-electron chi connectivity index (χ3n) is 5.69. The summed E-state index contributed by atoms with van der Waals surface area (Å²) in [5, 5.41) is 2.96. The SMILES string of the molecule is CC1(C)C(=O)Nc2ccc(C(N)C3CCCC3(C)C)cc21. The van der Waals surface area contributed by atoms with E-state index >= 15 is 0 Å². The number of hydrogen-bond donors (Lipinski definition) is 2. The molecular formula is C18H26N2O. The molecular weight excluding hydrogens is 260 g/mol. The Hall–Kier alpha value is -1.35. The molecule has 1 fully saturated rings. The van der Waals surface area contributed by atoms with Gasteiger partial charge in [-0.1, -0.05) is 32.4 Å². The molecule has 1 saturated carbocycles. The lowest BCUT2D eigenvalue weighted by molar-refractivity contribution is -0.119. The normalized spacial score (nSPS) is 27.3. The molecule has 1 aromatic carbocycles. The summed E-state index contributed by atoms with van der Waals surface area (Å²) in [6.07, 6.45) is 3.72. The van der Waals surface area contributed by atoms with Crippen molar-refractivity contribution in [1.82, 2.24) is 0 Å². The van der Waals surface area contributed by atoms with Gasteiger partial charge in [-0.05, 0) is 55.2 Å². The van der Waals surface area contributed by atoms with Crippen LogP contribution < -0.4 is 11.1 Å². The van der Waals surface area contributed by atoms with Crippen LogP contribution in [-0.4, -0.2) is 5.91 Å². The van der Waals surface area contributed by atoms with Crippen molar-refractivity contribution in [2.24, 2.45) is 17.1 Å². The van der Waals surface area contributed by atoms with Gasteiger partial charge in [-0.15, -0.1) is 0 Å². The van der Waals surface area contributed by atoms with Gasteiger partial charge in [-0.2, -0.15) is 0 Å². The molecule has 3 nitrogen and oxygen atoms in total. The Kier molecular flexibility index (Phi) is 3.17. The molecule has 0 bridgehead atoms. The summed E-state index contributed by atoms with van der Waals surface area (Å²) in [5.41, 5.74) is 9.62. The monoisotopic (exact) mass is 286 g/mol. The van der Waals surface area contributed by atoms with Gasteiger partial charge in [0.1, 0.15) is 0 Å². The molecule has 1 aliphatic carbocycles. The molecule has 21 heavy (non-hydrogen) atoms. The van der Waals surface area contributed by atoms with E-state index in [-0.39, 0.29) is 11.9 Å². The summed E-state index contributed by atoms with van der Waals surface area (Å²) < 4.78 is 0. The van der Waals surface area contributed by atoms with Gasteiger partial charge in [0.05, 0.1) is 5.41 Å². The summed E-state index contributed by atoms with van der Waals surface area (Å²) in [7, 11) is 0. The maximum Gasteiger partial charge on any atom is 0.234 e. The third-order valence-corrected chi connectivity index (χ3v) is 5.69. The van der Waals surface area contributed by atoms with Crippen LogP contribution in [0.5, 0.6) is 0 Å². The Labute approximate surface area is 127 Å². The minimum Gasteiger partial charge on any atom is -0.325 e. The summed E-state index contributed by atoms with van der Waals surface area (Å²) in [4.78, 5) is 12.1. The summed E-state index contributed by atoms with van der Waals surface area (Å²) in [5.74, 6) is 0.591. The number of nitrogens with one attached hydrogen (secondary N) is 1. The van der Waals surface area contributed by atoms with E-state index in [9.17, 15) is 4.79 Å². The molecule has 1 aromatic rings. The van der Waals surface area contributed by atoms with Crippen molar-refractivity contribution < 1.29 is 4.79 Å². The van der Waals surface area contributed by atoms with Gasteiger partial charge in [0.25, 0.3) is 0 Å². The van der Waals surface area contributed by atoms with E-state index in [0.29, 0.717) is 11.3 Å². The van der Waals surface area contributed by atoms with Gasteiger partial charge < -0.3 is 11.1 Å². The first-order chi connectivity index (χ1) is 9.73. The Morgan fingerprint density at radius 2 is 2.00 bits per heavy atom. The zero-order valence-corrected chi connectivity index (χ0v) is 13.5. The number of amides is 1. The number of hydrogen-bond acceptors (Lipinski definition) is 2. The molecule has 3 rings (SSSR count). The fourth-order valence-corrected chi connectivity index (χ4v) is 4.05. The van der Waals surface area contributed by atoms with Crippen molar-refractivity contribution in [3.63, 3.8) is 0 Å². The highest BCUT2D eigenvalue weighted by Gasteiger charge is 2.41. The van der Waals surface area contributed by atoms with Crippen molar-refractivity contribution in [3.05, 3.63) is 29.3 Å². The zero-order valence-electron chi connectivity index (χ0n) is 13.5. The quantitative estimate of drug-likeness (QED) is 0.870. The number of nitrogens with two attached hydrogens (primary N) is 1. The van der Waals surface area contributed by atoms with E-state index < -0.39 is 5.41 Å². The van der Waals surface area contributed by atoms with Gasteiger partial charge in [0, 0.05) is 11.7 Å². The van der Waals surface area contributed by atoms with Crippen molar-refractivity contribution in [1.29, 1.82) is 0 Å². The molecule has 1 heterocycles. The minimum absolute atomic E-state index is 0.0549. The largest absolute Gasteiger partial charge is 0.325 e. The van der Waals surface area contributed by atoms with Crippen LogP contribution in [0.3, 0.4) is 0 Å². The molecule has 114 valence electrons. The number of fused-ring (bicyclic) bond motifs is 1. The predicted molar refractivity (Wildman–Crippen MR) is 86.1 cm³/mol. The summed E-state index contributed by atoms with van der Waals surface area (Å²) in [6, 6.07) is 6.30. The van der Waals surface area contributed by atoms with E-state index in [4.69, 9.17) is 5.73 Å². The van der Waals surface area contributed by atoms with Crippen molar-refractivity contribution in [3.8, 4) is 0 Å². The van der Waals surface area contributed by atoms with Gasteiger partial charge in [-0.25, -0.2) is 0 Å². The fraction of sp³-hybridized carbons (Fsp3) is 0.611. The lowest BCUT2D eigenvalue weighted by Crippen LogP contribution is -2.30.